The lowest BCUT2D eigenvalue weighted by molar-refractivity contribution is -0.120. The number of carbonyl (C=O) groups is 1. The fourth-order valence-corrected chi connectivity index (χ4v) is 5.12. The lowest BCUT2D eigenvalue weighted by Crippen LogP contribution is -2.30. The molecule has 1 unspecified atom stereocenters. The molecule has 0 saturated heterocycles. The van der Waals surface area contributed by atoms with E-state index in [0.29, 0.717) is 17.2 Å². The van der Waals surface area contributed by atoms with Crippen molar-refractivity contribution in [1.29, 1.82) is 0 Å². The third kappa shape index (κ3) is 5.93. The Morgan fingerprint density at radius 3 is 2.55 bits per heavy atom. The van der Waals surface area contributed by atoms with E-state index in [4.69, 9.17) is 0 Å². The molecule has 0 bridgehead atoms. The number of unbranched alkanes of at least 4 members (excludes halogenated alkanes) is 1. The number of hydrogen-bond donors (Lipinski definition) is 1. The van der Waals surface area contributed by atoms with E-state index in [1.54, 1.807) is 37.3 Å². The molecule has 3 rings (SSSR count). The number of nitrogens with one attached hydrogen (secondary N) is 1. The Morgan fingerprint density at radius 2 is 1.91 bits per heavy atom. The van der Waals surface area contributed by atoms with Crippen molar-refractivity contribution in [3.05, 3.63) is 53.8 Å². The Labute approximate surface area is 198 Å². The average Bonchev–Trinajstić information content (AvgIpc) is 3.12. The van der Waals surface area contributed by atoms with Gasteiger partial charge in [-0.25, -0.2) is 22.1 Å². The number of rotatable bonds is 10. The van der Waals surface area contributed by atoms with Crippen molar-refractivity contribution in [3.8, 4) is 0 Å². The van der Waals surface area contributed by atoms with E-state index in [1.165, 1.54) is 42.3 Å². The topological polar surface area (TPSA) is 84.3 Å². The molecule has 0 fully saturated rings. The smallest absolute Gasteiger partial charge is 0.242 e. The second-order valence-corrected chi connectivity index (χ2v) is 11.4. The van der Waals surface area contributed by atoms with Crippen molar-refractivity contribution in [2.24, 2.45) is 0 Å². The van der Waals surface area contributed by atoms with E-state index in [0.717, 1.165) is 30.5 Å². The number of fused-ring (bicyclic) bond motifs is 1. The number of imidazole rings is 1. The molecular weight excluding hydrogens is 463 g/mol. The summed E-state index contributed by atoms with van der Waals surface area (Å²) < 4.78 is 41.3. The van der Waals surface area contributed by atoms with E-state index in [1.807, 2.05) is 4.57 Å². The summed E-state index contributed by atoms with van der Waals surface area (Å²) in [6.45, 7) is 4.93. The van der Waals surface area contributed by atoms with Crippen LogP contribution < -0.4 is 5.32 Å². The zero-order valence-electron chi connectivity index (χ0n) is 19.2. The summed E-state index contributed by atoms with van der Waals surface area (Å²) in [6, 6.07) is 10.9. The van der Waals surface area contributed by atoms with Crippen molar-refractivity contribution in [1.82, 2.24) is 19.2 Å². The van der Waals surface area contributed by atoms with Crippen LogP contribution in [0.3, 0.4) is 0 Å². The first-order valence-corrected chi connectivity index (χ1v) is 13.1. The molecule has 1 amide bonds. The van der Waals surface area contributed by atoms with Gasteiger partial charge in [-0.15, -0.1) is 0 Å². The van der Waals surface area contributed by atoms with Gasteiger partial charge in [-0.3, -0.25) is 4.79 Å². The SMILES string of the molecule is CCCCn1c(SC(C)C(=O)NCc2ccc(F)cc2)nc2cc(S(=O)(=O)N(C)C)ccc21. The molecule has 1 atom stereocenters. The maximum absolute atomic E-state index is 13.1. The number of sulfonamides is 1. The van der Waals surface area contributed by atoms with Crippen molar-refractivity contribution in [2.75, 3.05) is 14.1 Å². The maximum atomic E-state index is 13.1. The highest BCUT2D eigenvalue weighted by molar-refractivity contribution is 8.00. The number of aromatic nitrogens is 2. The molecule has 0 aliphatic rings. The normalized spacial score (nSPS) is 12.9. The third-order valence-corrected chi connectivity index (χ3v) is 8.13. The molecule has 0 saturated carbocycles. The van der Waals surface area contributed by atoms with Crippen LogP contribution >= 0.6 is 11.8 Å². The number of benzene rings is 2. The van der Waals surface area contributed by atoms with Crippen LogP contribution in [-0.4, -0.2) is 47.5 Å². The van der Waals surface area contributed by atoms with E-state index >= 15 is 0 Å². The predicted octanol–water partition coefficient (Wildman–Crippen LogP) is 4.02. The first-order valence-electron chi connectivity index (χ1n) is 10.7. The van der Waals surface area contributed by atoms with Gasteiger partial charge in [0.1, 0.15) is 5.82 Å². The quantitative estimate of drug-likeness (QED) is 0.432. The highest BCUT2D eigenvalue weighted by Gasteiger charge is 2.22. The summed E-state index contributed by atoms with van der Waals surface area (Å²) in [5, 5.41) is 3.12. The Bertz CT molecular complexity index is 1220. The zero-order valence-corrected chi connectivity index (χ0v) is 20.8. The van der Waals surface area contributed by atoms with Crippen LogP contribution in [0.15, 0.2) is 52.5 Å². The molecule has 1 N–H and O–H groups in total. The Morgan fingerprint density at radius 1 is 1.21 bits per heavy atom. The van der Waals surface area contributed by atoms with Gasteiger partial charge < -0.3 is 9.88 Å². The fraction of sp³-hybridized carbons (Fsp3) is 0.391. The zero-order chi connectivity index (χ0) is 24.2. The Balaban J connectivity index is 1.82. The van der Waals surface area contributed by atoms with Gasteiger partial charge in [0.15, 0.2) is 5.16 Å². The number of amides is 1. The van der Waals surface area contributed by atoms with Crippen molar-refractivity contribution in [3.63, 3.8) is 0 Å². The minimum Gasteiger partial charge on any atom is -0.351 e. The summed E-state index contributed by atoms with van der Waals surface area (Å²) in [5.41, 5.74) is 2.23. The molecular formula is C23H29FN4O3S2. The van der Waals surface area contributed by atoms with Gasteiger partial charge in [0, 0.05) is 27.2 Å². The number of nitrogens with zero attached hydrogens (tertiary/aromatic N) is 3. The first kappa shape index (κ1) is 25.2. The molecule has 0 radical (unpaired) electrons. The van der Waals surface area contributed by atoms with E-state index in [9.17, 15) is 17.6 Å². The first-order chi connectivity index (χ1) is 15.6. The molecule has 1 aromatic heterocycles. The molecule has 33 heavy (non-hydrogen) atoms. The Kier molecular flexibility index (Phi) is 8.14. The number of hydrogen-bond acceptors (Lipinski definition) is 5. The van der Waals surface area contributed by atoms with E-state index < -0.39 is 15.3 Å². The molecule has 1 heterocycles. The van der Waals surface area contributed by atoms with Crippen LogP contribution in [0.25, 0.3) is 11.0 Å². The lowest BCUT2D eigenvalue weighted by Gasteiger charge is -2.14. The lowest BCUT2D eigenvalue weighted by atomic mass is 10.2. The van der Waals surface area contributed by atoms with Crippen molar-refractivity contribution >= 4 is 38.7 Å². The average molecular weight is 493 g/mol. The molecule has 0 aliphatic heterocycles. The van der Waals surface area contributed by atoms with Gasteiger partial charge in [-0.1, -0.05) is 37.2 Å². The van der Waals surface area contributed by atoms with Crippen LogP contribution in [0.1, 0.15) is 32.3 Å². The number of thioether (sulfide) groups is 1. The fourth-order valence-electron chi connectivity index (χ4n) is 3.23. The molecule has 7 nitrogen and oxygen atoms in total. The molecule has 178 valence electrons. The van der Waals surface area contributed by atoms with Crippen LogP contribution in [0.4, 0.5) is 4.39 Å². The maximum Gasteiger partial charge on any atom is 0.242 e. The monoisotopic (exact) mass is 492 g/mol. The van der Waals surface area contributed by atoms with Gasteiger partial charge >= 0.3 is 0 Å². The van der Waals surface area contributed by atoms with Crippen LogP contribution in [0, 0.1) is 5.82 Å². The second-order valence-electron chi connectivity index (χ2n) is 7.94. The number of halogens is 1. The van der Waals surface area contributed by atoms with E-state index in [-0.39, 0.29) is 16.6 Å². The second kappa shape index (κ2) is 10.7. The van der Waals surface area contributed by atoms with Crippen molar-refractivity contribution < 1.29 is 17.6 Å². The highest BCUT2D eigenvalue weighted by atomic mass is 32.2. The summed E-state index contributed by atoms with van der Waals surface area (Å²) in [5.74, 6) is -0.476. The van der Waals surface area contributed by atoms with Gasteiger partial charge in [-0.2, -0.15) is 0 Å². The summed E-state index contributed by atoms with van der Waals surface area (Å²) in [4.78, 5) is 17.5. The highest BCUT2D eigenvalue weighted by Crippen LogP contribution is 2.29. The van der Waals surface area contributed by atoms with Gasteiger partial charge in [-0.05, 0) is 49.2 Å². The van der Waals surface area contributed by atoms with Gasteiger partial charge in [0.2, 0.25) is 15.9 Å². The van der Waals surface area contributed by atoms with Gasteiger partial charge in [0.25, 0.3) is 0 Å². The third-order valence-electron chi connectivity index (χ3n) is 5.23. The molecule has 2 aromatic carbocycles. The molecule has 0 spiro atoms. The van der Waals surface area contributed by atoms with Crippen molar-refractivity contribution in [2.45, 2.75) is 55.1 Å². The minimum absolute atomic E-state index is 0.158. The molecule has 3 aromatic rings. The predicted molar refractivity (Wildman–Crippen MR) is 129 cm³/mol. The van der Waals surface area contributed by atoms with Crippen LogP contribution in [0.5, 0.6) is 0 Å². The van der Waals surface area contributed by atoms with Gasteiger partial charge in [0.05, 0.1) is 21.2 Å². The van der Waals surface area contributed by atoms with Crippen LogP contribution in [0.2, 0.25) is 0 Å². The minimum atomic E-state index is -3.57. The largest absolute Gasteiger partial charge is 0.351 e. The van der Waals surface area contributed by atoms with E-state index in [2.05, 4.69) is 17.2 Å². The summed E-state index contributed by atoms with van der Waals surface area (Å²) >= 11 is 1.33. The number of carbonyl (C=O) groups excluding carboxylic acids is 1. The number of aryl methyl sites for hydroxylation is 1. The standard InChI is InChI=1S/C23H29FN4O3S2/c1-5-6-13-28-21-12-11-19(33(30,31)27(3)4)14-20(21)26-23(28)32-16(2)22(29)25-15-17-7-9-18(24)10-8-17/h7-12,14,16H,5-6,13,15H2,1-4H3,(H,25,29). The molecule has 10 heteroatoms. The van der Waals surface area contributed by atoms with Crippen LogP contribution in [-0.2, 0) is 27.9 Å². The summed E-state index contributed by atoms with van der Waals surface area (Å²) in [6.07, 6.45) is 1.92. The Hall–Kier alpha value is -2.43. The molecule has 0 aliphatic carbocycles. The summed E-state index contributed by atoms with van der Waals surface area (Å²) in [7, 11) is -0.586.